The van der Waals surface area contributed by atoms with Crippen LogP contribution in [0.15, 0.2) is 63.3 Å². The van der Waals surface area contributed by atoms with Gasteiger partial charge in [0.15, 0.2) is 5.78 Å². The molecule has 1 aromatic heterocycles. The molecule has 6 nitrogen and oxygen atoms in total. The second-order valence-electron chi connectivity index (χ2n) is 7.41. The predicted octanol–water partition coefficient (Wildman–Crippen LogP) is 4.04. The van der Waals surface area contributed by atoms with Gasteiger partial charge in [0.2, 0.25) is 0 Å². The molecule has 0 amide bonds. The van der Waals surface area contributed by atoms with Gasteiger partial charge < -0.3 is 13.9 Å². The summed E-state index contributed by atoms with van der Waals surface area (Å²) in [6.07, 6.45) is 2.54. The molecule has 2 aromatic rings. The smallest absolute Gasteiger partial charge is 0.315 e. The highest BCUT2D eigenvalue weighted by Gasteiger charge is 2.45. The summed E-state index contributed by atoms with van der Waals surface area (Å²) < 4.78 is 16.0. The van der Waals surface area contributed by atoms with Crippen molar-refractivity contribution in [3.8, 4) is 5.75 Å². The van der Waals surface area contributed by atoms with Gasteiger partial charge in [-0.15, -0.1) is 0 Å². The summed E-state index contributed by atoms with van der Waals surface area (Å²) in [5.41, 5.74) is 2.82. The third kappa shape index (κ3) is 3.39. The number of ketones is 1. The van der Waals surface area contributed by atoms with Crippen molar-refractivity contribution in [2.24, 2.45) is 10.9 Å². The second kappa shape index (κ2) is 7.70. The summed E-state index contributed by atoms with van der Waals surface area (Å²) in [6.45, 7) is 1.82. The van der Waals surface area contributed by atoms with Crippen molar-refractivity contribution in [3.63, 3.8) is 0 Å². The first-order valence-electron chi connectivity index (χ1n) is 9.60. The number of allylic oxidation sites excluding steroid dienone is 2. The molecule has 0 radical (unpaired) electrons. The van der Waals surface area contributed by atoms with Gasteiger partial charge >= 0.3 is 5.97 Å². The highest BCUT2D eigenvalue weighted by atomic mass is 16.5. The van der Waals surface area contributed by atoms with E-state index in [1.54, 1.807) is 13.4 Å². The minimum absolute atomic E-state index is 0.00868. The maximum atomic E-state index is 13.3. The summed E-state index contributed by atoms with van der Waals surface area (Å²) in [7, 11) is 2.95. The highest BCUT2D eigenvalue weighted by molar-refractivity contribution is 6.09. The van der Waals surface area contributed by atoms with Gasteiger partial charge in [-0.1, -0.05) is 12.1 Å². The number of hydrogen-bond acceptors (Lipinski definition) is 6. The lowest BCUT2D eigenvalue weighted by Gasteiger charge is -2.36. The Morgan fingerprint density at radius 1 is 1.17 bits per heavy atom. The minimum atomic E-state index is -0.644. The fraction of sp³-hybridized carbons (Fsp3) is 0.348. The zero-order chi connectivity index (χ0) is 20.5. The summed E-state index contributed by atoms with van der Waals surface area (Å²) in [6, 6.07) is 11.2. The molecule has 1 aliphatic carbocycles. The number of carbonyl (C=O) groups is 2. The van der Waals surface area contributed by atoms with Crippen molar-refractivity contribution in [2.75, 3.05) is 14.2 Å². The van der Waals surface area contributed by atoms with Crippen LogP contribution in [-0.2, 0) is 14.3 Å². The van der Waals surface area contributed by atoms with Crippen molar-refractivity contribution in [2.45, 2.75) is 31.6 Å². The Hall–Kier alpha value is -3.15. The van der Waals surface area contributed by atoms with Gasteiger partial charge in [0.05, 0.1) is 20.5 Å². The average Bonchev–Trinajstić information content (AvgIpc) is 3.27. The zero-order valence-electron chi connectivity index (χ0n) is 16.7. The van der Waals surface area contributed by atoms with Crippen LogP contribution in [0, 0.1) is 5.92 Å². The van der Waals surface area contributed by atoms with E-state index < -0.39 is 17.8 Å². The Morgan fingerprint density at radius 2 is 2.00 bits per heavy atom. The third-order valence-electron chi connectivity index (χ3n) is 5.74. The summed E-state index contributed by atoms with van der Waals surface area (Å²) in [4.78, 5) is 30.6. The molecule has 2 heterocycles. The Morgan fingerprint density at radius 3 is 2.69 bits per heavy atom. The van der Waals surface area contributed by atoms with Crippen molar-refractivity contribution < 1.29 is 23.5 Å². The summed E-state index contributed by atoms with van der Waals surface area (Å²) in [5.74, 6) is -0.0911. The van der Waals surface area contributed by atoms with Gasteiger partial charge in [0.1, 0.15) is 17.4 Å². The summed E-state index contributed by atoms with van der Waals surface area (Å²) >= 11 is 0. The van der Waals surface area contributed by atoms with Crippen molar-refractivity contribution >= 4 is 17.5 Å². The van der Waals surface area contributed by atoms with Crippen LogP contribution < -0.4 is 4.74 Å². The lowest BCUT2D eigenvalue weighted by Crippen LogP contribution is -2.37. The maximum Gasteiger partial charge on any atom is 0.315 e. The Bertz CT molecular complexity index is 1000. The number of Topliss-reactive ketones (excluding diaryl/α,β-unsaturated/α-hetero) is 1. The predicted molar refractivity (Wildman–Crippen MR) is 107 cm³/mol. The van der Waals surface area contributed by atoms with Crippen LogP contribution in [-0.4, -0.2) is 31.7 Å². The number of hydrogen-bond donors (Lipinski definition) is 0. The number of nitrogens with zero attached hydrogens (tertiary/aromatic N) is 1. The highest BCUT2D eigenvalue weighted by Crippen LogP contribution is 2.47. The molecule has 0 spiro atoms. The molecule has 1 aliphatic heterocycles. The Kier molecular flexibility index (Phi) is 5.09. The van der Waals surface area contributed by atoms with Gasteiger partial charge in [0, 0.05) is 41.7 Å². The van der Waals surface area contributed by atoms with Crippen LogP contribution in [0.25, 0.3) is 0 Å². The van der Waals surface area contributed by atoms with Crippen molar-refractivity contribution in [1.82, 2.24) is 0 Å². The number of ether oxygens (including phenoxy) is 2. The first kappa shape index (κ1) is 19.2. The first-order chi connectivity index (χ1) is 14.0. The third-order valence-corrected chi connectivity index (χ3v) is 5.74. The molecule has 1 aromatic carbocycles. The number of esters is 1. The number of furan rings is 1. The van der Waals surface area contributed by atoms with E-state index in [1.807, 2.05) is 43.3 Å². The maximum absolute atomic E-state index is 13.3. The number of aliphatic imine (C=N–C) groups is 1. The van der Waals surface area contributed by atoms with E-state index in [0.717, 1.165) is 17.0 Å². The fourth-order valence-corrected chi connectivity index (χ4v) is 4.41. The molecule has 6 heteroatoms. The van der Waals surface area contributed by atoms with Crippen molar-refractivity contribution in [1.29, 1.82) is 0 Å². The minimum Gasteiger partial charge on any atom is -0.497 e. The number of benzene rings is 1. The molecule has 0 fully saturated rings. The number of methoxy groups -OCH3 is 2. The van der Waals surface area contributed by atoms with Crippen LogP contribution >= 0.6 is 0 Å². The largest absolute Gasteiger partial charge is 0.497 e. The van der Waals surface area contributed by atoms with Gasteiger partial charge in [-0.05, 0) is 36.8 Å². The zero-order valence-corrected chi connectivity index (χ0v) is 16.7. The average molecular weight is 393 g/mol. The van der Waals surface area contributed by atoms with Gasteiger partial charge in [0.25, 0.3) is 0 Å². The molecule has 0 saturated carbocycles. The van der Waals surface area contributed by atoms with Gasteiger partial charge in [-0.25, -0.2) is 0 Å². The molecule has 4 rings (SSSR count). The van der Waals surface area contributed by atoms with E-state index in [4.69, 9.17) is 13.9 Å². The van der Waals surface area contributed by atoms with E-state index in [1.165, 1.54) is 7.11 Å². The molecule has 0 saturated heterocycles. The van der Waals surface area contributed by atoms with E-state index in [-0.39, 0.29) is 11.7 Å². The molecular weight excluding hydrogens is 370 g/mol. The molecule has 29 heavy (non-hydrogen) atoms. The number of carbonyl (C=O) groups excluding carboxylic acids is 2. The van der Waals surface area contributed by atoms with Crippen molar-refractivity contribution in [3.05, 3.63) is 65.3 Å². The van der Waals surface area contributed by atoms with E-state index in [0.29, 0.717) is 29.9 Å². The van der Waals surface area contributed by atoms with Gasteiger partial charge in [-0.3, -0.25) is 14.6 Å². The first-order valence-corrected chi connectivity index (χ1v) is 9.60. The van der Waals surface area contributed by atoms with E-state index in [9.17, 15) is 9.59 Å². The Labute approximate surface area is 169 Å². The van der Waals surface area contributed by atoms with E-state index >= 15 is 0 Å². The second-order valence-corrected chi connectivity index (χ2v) is 7.41. The molecule has 3 atom stereocenters. The van der Waals surface area contributed by atoms with Crippen LogP contribution in [0.5, 0.6) is 5.75 Å². The quantitative estimate of drug-likeness (QED) is 0.733. The molecule has 0 bridgehead atoms. The normalized spacial score (nSPS) is 24.0. The molecule has 1 unspecified atom stereocenters. The van der Waals surface area contributed by atoms with Gasteiger partial charge in [-0.2, -0.15) is 0 Å². The lowest BCUT2D eigenvalue weighted by atomic mass is 9.70. The molecular formula is C23H23NO5. The molecule has 2 aliphatic rings. The monoisotopic (exact) mass is 393 g/mol. The Balaban J connectivity index is 1.83. The summed E-state index contributed by atoms with van der Waals surface area (Å²) in [5, 5.41) is 0. The molecule has 0 N–H and O–H groups in total. The topological polar surface area (TPSA) is 78.1 Å². The number of rotatable bonds is 4. The standard InChI is InChI=1S/C23H23NO5/c1-13-20(23(26)28-3)21(14-6-4-7-16(10-14)27-2)22-17(24-13)11-15(12-18(22)25)19-8-5-9-29-19/h4-10,15,20-21H,11-12H2,1-3H3/t15-,20?,21+/m0/s1. The lowest BCUT2D eigenvalue weighted by molar-refractivity contribution is -0.143. The van der Waals surface area contributed by atoms with Crippen LogP contribution in [0.4, 0.5) is 0 Å². The molecule has 150 valence electrons. The van der Waals surface area contributed by atoms with Crippen LogP contribution in [0.1, 0.15) is 42.9 Å². The fourth-order valence-electron chi connectivity index (χ4n) is 4.41. The SMILES string of the molecule is COC(=O)C1C(C)=NC2=C(C(=O)C[C@@H](c3ccco3)C2)[C@@H]1c1cccc(OC)c1. The van der Waals surface area contributed by atoms with Crippen LogP contribution in [0.2, 0.25) is 0 Å². The van der Waals surface area contributed by atoms with Crippen LogP contribution in [0.3, 0.4) is 0 Å². The van der Waals surface area contributed by atoms with E-state index in [2.05, 4.69) is 4.99 Å².